The van der Waals surface area contributed by atoms with Gasteiger partial charge in [-0.15, -0.1) is 0 Å². The summed E-state index contributed by atoms with van der Waals surface area (Å²) < 4.78 is 10.6. The van der Waals surface area contributed by atoms with Crippen LogP contribution in [0.3, 0.4) is 0 Å². The molecule has 1 aromatic carbocycles. The van der Waals surface area contributed by atoms with Crippen molar-refractivity contribution in [3.8, 4) is 11.5 Å². The van der Waals surface area contributed by atoms with E-state index < -0.39 is 0 Å². The highest BCUT2D eigenvalue weighted by molar-refractivity contribution is 5.92. The smallest absolute Gasteiger partial charge is 0.270 e. The number of nitrogens with zero attached hydrogens (tertiary/aromatic N) is 1. The van der Waals surface area contributed by atoms with Gasteiger partial charge in [0.2, 0.25) is 0 Å². The minimum absolute atomic E-state index is 0.197. The van der Waals surface area contributed by atoms with Crippen LogP contribution in [-0.4, -0.2) is 31.2 Å². The van der Waals surface area contributed by atoms with E-state index in [1.807, 2.05) is 43.3 Å². The van der Waals surface area contributed by atoms with Gasteiger partial charge < -0.3 is 14.8 Å². The summed E-state index contributed by atoms with van der Waals surface area (Å²) in [5, 5.41) is 2.77. The lowest BCUT2D eigenvalue weighted by molar-refractivity contribution is 0.0942. The van der Waals surface area contributed by atoms with Gasteiger partial charge in [0.15, 0.2) is 0 Å². The molecule has 0 aliphatic carbocycles. The normalized spacial score (nSPS) is 10.0. The van der Waals surface area contributed by atoms with Gasteiger partial charge in [-0.1, -0.05) is 6.07 Å². The van der Waals surface area contributed by atoms with Crippen LogP contribution >= 0.6 is 0 Å². The third kappa shape index (κ3) is 4.49. The molecule has 0 saturated carbocycles. The molecule has 0 radical (unpaired) electrons. The Morgan fingerprint density at radius 2 is 1.86 bits per heavy atom. The van der Waals surface area contributed by atoms with E-state index in [1.54, 1.807) is 13.2 Å². The van der Waals surface area contributed by atoms with Gasteiger partial charge in [0.25, 0.3) is 5.91 Å². The fourth-order valence-corrected chi connectivity index (χ4v) is 1.77. The number of carbonyl (C=O) groups excluding carboxylic acids is 1. The zero-order chi connectivity index (χ0) is 15.1. The average Bonchev–Trinajstić information content (AvgIpc) is 2.52. The van der Waals surface area contributed by atoms with Gasteiger partial charge in [0, 0.05) is 5.69 Å². The Bertz CT molecular complexity index is 597. The van der Waals surface area contributed by atoms with Crippen molar-refractivity contribution in [3.05, 3.63) is 53.9 Å². The van der Waals surface area contributed by atoms with E-state index >= 15 is 0 Å². The fourth-order valence-electron chi connectivity index (χ4n) is 1.77. The average molecular weight is 286 g/mol. The number of nitrogens with one attached hydrogen (secondary N) is 1. The number of rotatable bonds is 6. The standard InChI is InChI=1S/C16H18N2O3/c1-12-4-3-5-15(18-12)16(19)17-10-11-21-14-8-6-13(20-2)7-9-14/h3-9H,10-11H2,1-2H3,(H,17,19). The summed E-state index contributed by atoms with van der Waals surface area (Å²) in [5.41, 5.74) is 1.23. The predicted molar refractivity (Wildman–Crippen MR) is 79.8 cm³/mol. The summed E-state index contributed by atoms with van der Waals surface area (Å²) in [6, 6.07) is 12.6. The molecule has 2 aromatic rings. The minimum Gasteiger partial charge on any atom is -0.497 e. The van der Waals surface area contributed by atoms with Crippen molar-refractivity contribution in [2.45, 2.75) is 6.92 Å². The first kappa shape index (κ1) is 14.8. The first-order chi connectivity index (χ1) is 10.2. The molecule has 0 atom stereocenters. The molecular weight excluding hydrogens is 268 g/mol. The number of hydrogen-bond acceptors (Lipinski definition) is 4. The summed E-state index contributed by atoms with van der Waals surface area (Å²) in [6.07, 6.45) is 0. The summed E-state index contributed by atoms with van der Waals surface area (Å²) in [7, 11) is 1.62. The number of aryl methyl sites for hydroxylation is 1. The van der Waals surface area contributed by atoms with Gasteiger partial charge in [0.1, 0.15) is 23.8 Å². The summed E-state index contributed by atoms with van der Waals surface area (Å²) >= 11 is 0. The number of amides is 1. The molecule has 0 unspecified atom stereocenters. The second-order valence-electron chi connectivity index (χ2n) is 4.44. The van der Waals surface area contributed by atoms with Crippen LogP contribution in [-0.2, 0) is 0 Å². The first-order valence-corrected chi connectivity index (χ1v) is 6.68. The number of pyridine rings is 1. The summed E-state index contributed by atoms with van der Waals surface area (Å²) in [5.74, 6) is 1.32. The van der Waals surface area contributed by atoms with Crippen LogP contribution < -0.4 is 14.8 Å². The molecule has 5 nitrogen and oxygen atoms in total. The maximum Gasteiger partial charge on any atom is 0.270 e. The number of benzene rings is 1. The molecular formula is C16H18N2O3. The van der Waals surface area contributed by atoms with Crippen molar-refractivity contribution in [1.82, 2.24) is 10.3 Å². The molecule has 5 heteroatoms. The molecule has 0 aliphatic heterocycles. The Morgan fingerprint density at radius 3 is 2.52 bits per heavy atom. The maximum atomic E-state index is 11.8. The van der Waals surface area contributed by atoms with Crippen LogP contribution in [0.15, 0.2) is 42.5 Å². The first-order valence-electron chi connectivity index (χ1n) is 6.68. The number of aromatic nitrogens is 1. The monoisotopic (exact) mass is 286 g/mol. The van der Waals surface area contributed by atoms with Gasteiger partial charge in [-0.3, -0.25) is 4.79 Å². The second-order valence-corrected chi connectivity index (χ2v) is 4.44. The fraction of sp³-hybridized carbons (Fsp3) is 0.250. The third-order valence-electron chi connectivity index (χ3n) is 2.84. The molecule has 0 spiro atoms. The molecule has 1 heterocycles. The number of methoxy groups -OCH3 is 1. The lowest BCUT2D eigenvalue weighted by atomic mass is 10.3. The van der Waals surface area contributed by atoms with E-state index in [9.17, 15) is 4.79 Å². The molecule has 1 amide bonds. The third-order valence-corrected chi connectivity index (χ3v) is 2.84. The molecule has 0 aliphatic rings. The minimum atomic E-state index is -0.197. The van der Waals surface area contributed by atoms with Gasteiger partial charge >= 0.3 is 0 Å². The van der Waals surface area contributed by atoms with Gasteiger partial charge in [-0.25, -0.2) is 4.98 Å². The van der Waals surface area contributed by atoms with Crippen LogP contribution in [0.4, 0.5) is 0 Å². The van der Waals surface area contributed by atoms with E-state index in [1.165, 1.54) is 0 Å². The molecule has 0 fully saturated rings. The molecule has 0 bridgehead atoms. The van der Waals surface area contributed by atoms with Crippen molar-refractivity contribution in [1.29, 1.82) is 0 Å². The van der Waals surface area contributed by atoms with Gasteiger partial charge in [-0.2, -0.15) is 0 Å². The Labute approximate surface area is 123 Å². The molecule has 21 heavy (non-hydrogen) atoms. The Kier molecular flexibility index (Phi) is 5.15. The topological polar surface area (TPSA) is 60.5 Å². The molecule has 2 rings (SSSR count). The van der Waals surface area contributed by atoms with E-state index in [-0.39, 0.29) is 5.91 Å². The van der Waals surface area contributed by atoms with Crippen molar-refractivity contribution < 1.29 is 14.3 Å². The maximum absolute atomic E-state index is 11.8. The van der Waals surface area contributed by atoms with Crippen LogP contribution in [0.1, 0.15) is 16.2 Å². The zero-order valence-electron chi connectivity index (χ0n) is 12.1. The Hall–Kier alpha value is -2.56. The summed E-state index contributed by atoms with van der Waals surface area (Å²) in [4.78, 5) is 16.0. The van der Waals surface area contributed by atoms with Crippen molar-refractivity contribution in [2.24, 2.45) is 0 Å². The molecule has 1 N–H and O–H groups in total. The van der Waals surface area contributed by atoms with Gasteiger partial charge in [0.05, 0.1) is 13.7 Å². The highest BCUT2D eigenvalue weighted by Crippen LogP contribution is 2.16. The predicted octanol–water partition coefficient (Wildman–Crippen LogP) is 2.21. The highest BCUT2D eigenvalue weighted by atomic mass is 16.5. The van der Waals surface area contributed by atoms with Crippen LogP contribution in [0.5, 0.6) is 11.5 Å². The van der Waals surface area contributed by atoms with Gasteiger partial charge in [-0.05, 0) is 43.3 Å². The number of carbonyl (C=O) groups is 1. The van der Waals surface area contributed by atoms with E-state index in [0.29, 0.717) is 18.8 Å². The van der Waals surface area contributed by atoms with Crippen molar-refractivity contribution in [2.75, 3.05) is 20.3 Å². The van der Waals surface area contributed by atoms with Crippen molar-refractivity contribution >= 4 is 5.91 Å². The van der Waals surface area contributed by atoms with Crippen LogP contribution in [0, 0.1) is 6.92 Å². The quantitative estimate of drug-likeness (QED) is 0.827. The SMILES string of the molecule is COc1ccc(OCCNC(=O)c2cccc(C)n2)cc1. The molecule has 110 valence electrons. The largest absolute Gasteiger partial charge is 0.497 e. The lowest BCUT2D eigenvalue weighted by Crippen LogP contribution is -2.28. The van der Waals surface area contributed by atoms with E-state index in [2.05, 4.69) is 10.3 Å². The van der Waals surface area contributed by atoms with Crippen LogP contribution in [0.2, 0.25) is 0 Å². The Morgan fingerprint density at radius 1 is 1.14 bits per heavy atom. The second kappa shape index (κ2) is 7.28. The lowest BCUT2D eigenvalue weighted by Gasteiger charge is -2.08. The zero-order valence-corrected chi connectivity index (χ0v) is 12.1. The molecule has 0 saturated heterocycles. The van der Waals surface area contributed by atoms with Crippen molar-refractivity contribution in [3.63, 3.8) is 0 Å². The number of ether oxygens (including phenoxy) is 2. The highest BCUT2D eigenvalue weighted by Gasteiger charge is 2.06. The van der Waals surface area contributed by atoms with E-state index in [0.717, 1.165) is 17.2 Å². The number of hydrogen-bond donors (Lipinski definition) is 1. The summed E-state index contributed by atoms with van der Waals surface area (Å²) in [6.45, 7) is 2.66. The van der Waals surface area contributed by atoms with E-state index in [4.69, 9.17) is 9.47 Å². The Balaban J connectivity index is 1.75. The van der Waals surface area contributed by atoms with Crippen LogP contribution in [0.25, 0.3) is 0 Å². The molecule has 1 aromatic heterocycles.